The van der Waals surface area contributed by atoms with Gasteiger partial charge in [0.2, 0.25) is 0 Å². The highest BCUT2D eigenvalue weighted by Gasteiger charge is 2.21. The number of benzene rings is 1. The summed E-state index contributed by atoms with van der Waals surface area (Å²) in [7, 11) is 0. The third kappa shape index (κ3) is 6.32. The van der Waals surface area contributed by atoms with Gasteiger partial charge in [-0.05, 0) is 19.4 Å². The van der Waals surface area contributed by atoms with E-state index in [1.807, 2.05) is 19.9 Å². The molecule has 1 aromatic carbocycles. The smallest absolute Gasteiger partial charge is 0.122 e. The van der Waals surface area contributed by atoms with Crippen molar-refractivity contribution in [1.82, 2.24) is 9.80 Å². The fourth-order valence-electron chi connectivity index (χ4n) is 2.67. The molecule has 0 amide bonds. The van der Waals surface area contributed by atoms with Gasteiger partial charge in [0.15, 0.2) is 0 Å². The highest BCUT2D eigenvalue weighted by Crippen LogP contribution is 2.10. The van der Waals surface area contributed by atoms with Crippen LogP contribution in [0.1, 0.15) is 19.4 Å². The van der Waals surface area contributed by atoms with Crippen LogP contribution in [0.4, 0.5) is 0 Å². The van der Waals surface area contributed by atoms with E-state index in [0.717, 1.165) is 32.7 Å². The molecule has 1 saturated heterocycles. The van der Waals surface area contributed by atoms with E-state index >= 15 is 0 Å². The van der Waals surface area contributed by atoms with E-state index in [1.54, 1.807) is 0 Å². The number of aliphatic hydroxyl groups excluding tert-OH is 1. The Bertz CT molecular complexity index is 502. The van der Waals surface area contributed by atoms with Gasteiger partial charge in [-0.25, -0.2) is 0 Å². The SMILES string of the molecule is C#CC(C)(C)OC[C@@H](O)CN1CCN(Cc2ccccc2)CC1. The summed E-state index contributed by atoms with van der Waals surface area (Å²) in [5, 5.41) is 10.1. The Morgan fingerprint density at radius 1 is 1.17 bits per heavy atom. The Morgan fingerprint density at radius 2 is 1.78 bits per heavy atom. The molecule has 1 fully saturated rings. The van der Waals surface area contributed by atoms with Crippen molar-refractivity contribution >= 4 is 0 Å². The Hall–Kier alpha value is -1.38. The number of β-amino-alcohol motifs (C(OH)–C–C–N with tert-alkyl or cyclic N) is 1. The lowest BCUT2D eigenvalue weighted by atomic mass is 10.1. The lowest BCUT2D eigenvalue weighted by Gasteiger charge is -2.35. The van der Waals surface area contributed by atoms with Gasteiger partial charge in [0, 0.05) is 39.3 Å². The Kier molecular flexibility index (Phi) is 6.61. The van der Waals surface area contributed by atoms with E-state index in [9.17, 15) is 5.11 Å². The maximum Gasteiger partial charge on any atom is 0.122 e. The average molecular weight is 316 g/mol. The van der Waals surface area contributed by atoms with E-state index < -0.39 is 11.7 Å². The number of rotatable bonds is 7. The Labute approximate surface area is 140 Å². The van der Waals surface area contributed by atoms with Crippen molar-refractivity contribution in [1.29, 1.82) is 0 Å². The molecule has 0 aliphatic carbocycles. The third-order valence-electron chi connectivity index (χ3n) is 4.17. The zero-order valence-corrected chi connectivity index (χ0v) is 14.2. The van der Waals surface area contributed by atoms with Crippen LogP contribution < -0.4 is 0 Å². The van der Waals surface area contributed by atoms with E-state index in [4.69, 9.17) is 11.2 Å². The van der Waals surface area contributed by atoms with Crippen LogP contribution in [0.3, 0.4) is 0 Å². The van der Waals surface area contributed by atoms with Crippen molar-refractivity contribution in [2.24, 2.45) is 0 Å². The number of terminal acetylenes is 1. The number of ether oxygens (including phenoxy) is 1. The molecular formula is C19H28N2O2. The van der Waals surface area contributed by atoms with Gasteiger partial charge in [-0.15, -0.1) is 6.42 Å². The van der Waals surface area contributed by atoms with Crippen LogP contribution in [-0.2, 0) is 11.3 Å². The molecule has 0 saturated carbocycles. The molecule has 0 aromatic heterocycles. The topological polar surface area (TPSA) is 35.9 Å². The molecule has 0 unspecified atom stereocenters. The number of nitrogens with zero attached hydrogens (tertiary/aromatic N) is 2. The minimum absolute atomic E-state index is 0.279. The zero-order chi connectivity index (χ0) is 16.7. The highest BCUT2D eigenvalue weighted by atomic mass is 16.5. The molecule has 1 heterocycles. The van der Waals surface area contributed by atoms with Crippen molar-refractivity contribution in [3.8, 4) is 12.3 Å². The quantitative estimate of drug-likeness (QED) is 0.775. The summed E-state index contributed by atoms with van der Waals surface area (Å²) < 4.78 is 5.56. The van der Waals surface area contributed by atoms with Crippen LogP contribution in [0.15, 0.2) is 30.3 Å². The molecule has 1 aromatic rings. The number of piperazine rings is 1. The van der Waals surface area contributed by atoms with E-state index in [1.165, 1.54) is 5.56 Å². The lowest BCUT2D eigenvalue weighted by molar-refractivity contribution is -0.0410. The summed E-state index contributed by atoms with van der Waals surface area (Å²) in [6.07, 6.45) is 4.89. The fraction of sp³-hybridized carbons (Fsp3) is 0.579. The van der Waals surface area contributed by atoms with Gasteiger partial charge in [0.1, 0.15) is 5.60 Å². The van der Waals surface area contributed by atoms with Gasteiger partial charge in [-0.2, -0.15) is 0 Å². The monoisotopic (exact) mass is 316 g/mol. The van der Waals surface area contributed by atoms with Crippen molar-refractivity contribution in [2.75, 3.05) is 39.3 Å². The number of aliphatic hydroxyl groups is 1. The molecule has 0 bridgehead atoms. The van der Waals surface area contributed by atoms with E-state index in [0.29, 0.717) is 6.54 Å². The Balaban J connectivity index is 1.67. The second kappa shape index (κ2) is 8.47. The maximum atomic E-state index is 10.1. The van der Waals surface area contributed by atoms with Crippen molar-refractivity contribution < 1.29 is 9.84 Å². The third-order valence-corrected chi connectivity index (χ3v) is 4.17. The molecule has 126 valence electrons. The molecule has 2 rings (SSSR count). The summed E-state index contributed by atoms with van der Waals surface area (Å²) in [6.45, 7) is 9.59. The molecule has 4 nitrogen and oxygen atoms in total. The van der Waals surface area contributed by atoms with Crippen LogP contribution in [0.2, 0.25) is 0 Å². The molecule has 1 N–H and O–H groups in total. The van der Waals surface area contributed by atoms with Crippen LogP contribution in [0.25, 0.3) is 0 Å². The van der Waals surface area contributed by atoms with Gasteiger partial charge < -0.3 is 9.84 Å². The van der Waals surface area contributed by atoms with Crippen LogP contribution in [-0.4, -0.2) is 65.9 Å². The summed E-state index contributed by atoms with van der Waals surface area (Å²) >= 11 is 0. The minimum atomic E-state index is -0.616. The minimum Gasteiger partial charge on any atom is -0.389 e. The molecule has 0 spiro atoms. The van der Waals surface area contributed by atoms with Gasteiger partial charge >= 0.3 is 0 Å². The molecule has 1 atom stereocenters. The number of hydrogen-bond donors (Lipinski definition) is 1. The summed E-state index contributed by atoms with van der Waals surface area (Å²) in [6, 6.07) is 10.5. The number of hydrogen-bond acceptors (Lipinski definition) is 4. The predicted octanol–water partition coefficient (Wildman–Crippen LogP) is 1.59. The Morgan fingerprint density at radius 3 is 2.39 bits per heavy atom. The van der Waals surface area contributed by atoms with Gasteiger partial charge in [0.05, 0.1) is 12.7 Å². The van der Waals surface area contributed by atoms with Gasteiger partial charge in [-0.1, -0.05) is 36.3 Å². The van der Waals surface area contributed by atoms with Crippen molar-refractivity contribution in [3.05, 3.63) is 35.9 Å². The molecular weight excluding hydrogens is 288 g/mol. The van der Waals surface area contributed by atoms with E-state index in [2.05, 4.69) is 40.0 Å². The second-order valence-corrected chi connectivity index (χ2v) is 6.68. The molecule has 4 heteroatoms. The summed E-state index contributed by atoms with van der Waals surface area (Å²) in [5.41, 5.74) is 0.737. The zero-order valence-electron chi connectivity index (χ0n) is 14.2. The summed E-state index contributed by atoms with van der Waals surface area (Å²) in [4.78, 5) is 4.74. The predicted molar refractivity (Wildman–Crippen MR) is 93.0 cm³/mol. The van der Waals surface area contributed by atoms with Crippen LogP contribution >= 0.6 is 0 Å². The maximum absolute atomic E-state index is 10.1. The average Bonchev–Trinajstić information content (AvgIpc) is 2.56. The normalized spacial score (nSPS) is 18.5. The van der Waals surface area contributed by atoms with Crippen LogP contribution in [0, 0.1) is 12.3 Å². The summed E-state index contributed by atoms with van der Waals surface area (Å²) in [5.74, 6) is 2.58. The van der Waals surface area contributed by atoms with Gasteiger partial charge in [-0.3, -0.25) is 9.80 Å². The molecule has 0 radical (unpaired) electrons. The first-order valence-corrected chi connectivity index (χ1v) is 8.27. The molecule has 1 aliphatic heterocycles. The molecule has 1 aliphatic rings. The molecule has 23 heavy (non-hydrogen) atoms. The van der Waals surface area contributed by atoms with Crippen molar-refractivity contribution in [2.45, 2.75) is 32.1 Å². The fourth-order valence-corrected chi connectivity index (χ4v) is 2.67. The van der Waals surface area contributed by atoms with Crippen LogP contribution in [0.5, 0.6) is 0 Å². The van der Waals surface area contributed by atoms with E-state index in [-0.39, 0.29) is 6.61 Å². The standard InChI is InChI=1S/C19H28N2O2/c1-4-19(2,3)23-16-18(22)15-21-12-10-20(11-13-21)14-17-8-6-5-7-9-17/h1,5-9,18,22H,10-16H2,2-3H3/t18-/m0/s1. The first-order chi connectivity index (χ1) is 11.0. The van der Waals surface area contributed by atoms with Crippen molar-refractivity contribution in [3.63, 3.8) is 0 Å². The first-order valence-electron chi connectivity index (χ1n) is 8.27. The first kappa shape index (κ1) is 18.0. The second-order valence-electron chi connectivity index (χ2n) is 6.68. The highest BCUT2D eigenvalue weighted by molar-refractivity contribution is 5.14. The van der Waals surface area contributed by atoms with Gasteiger partial charge in [0.25, 0.3) is 0 Å². The lowest BCUT2D eigenvalue weighted by Crippen LogP contribution is -2.48. The largest absolute Gasteiger partial charge is 0.389 e.